The number of para-hydroxylation sites is 2. The van der Waals surface area contributed by atoms with Crippen molar-refractivity contribution in [1.29, 1.82) is 0 Å². The van der Waals surface area contributed by atoms with Gasteiger partial charge in [-0.05, 0) is 73.7 Å². The SMILES string of the molecule is COc1ccccc1NCc1c(-c2ccc(OC(=O)c3sccc3C)cc2OC)ccc2c1N(C)C(=O)C(C)(C)N2. The number of rotatable bonds is 8. The molecule has 8 nitrogen and oxygen atoms in total. The molecule has 1 aromatic heterocycles. The van der Waals surface area contributed by atoms with Crippen LogP contribution in [0.5, 0.6) is 17.2 Å². The van der Waals surface area contributed by atoms with E-state index in [-0.39, 0.29) is 5.91 Å². The van der Waals surface area contributed by atoms with Gasteiger partial charge in [0.25, 0.3) is 5.91 Å². The number of likely N-dealkylation sites (N-methyl/N-ethyl adjacent to an activating group) is 1. The highest BCUT2D eigenvalue weighted by Gasteiger charge is 2.38. The maximum Gasteiger partial charge on any atom is 0.353 e. The monoisotopic (exact) mass is 571 g/mol. The summed E-state index contributed by atoms with van der Waals surface area (Å²) in [5, 5.41) is 8.76. The lowest BCUT2D eigenvalue weighted by atomic mass is 9.91. The molecule has 1 amide bonds. The molecule has 212 valence electrons. The van der Waals surface area contributed by atoms with Crippen LogP contribution in [0.3, 0.4) is 0 Å². The predicted octanol–water partition coefficient (Wildman–Crippen LogP) is 6.74. The molecule has 3 aromatic carbocycles. The van der Waals surface area contributed by atoms with Crippen LogP contribution in [0.1, 0.15) is 34.6 Å². The first kappa shape index (κ1) is 28.0. The maximum absolute atomic E-state index is 13.3. The highest BCUT2D eigenvalue weighted by Crippen LogP contribution is 2.45. The van der Waals surface area contributed by atoms with Crippen molar-refractivity contribution in [2.24, 2.45) is 0 Å². The standard InChI is InChI=1S/C32H33N3O5S/c1-19-15-16-41-29(19)30(36)40-20-11-12-22(27(17-20)39-6)21-13-14-25-28(35(4)31(37)32(2,3)34-25)23(21)18-33-24-9-7-8-10-26(24)38-5/h7-17,33-34H,18H2,1-6H3. The van der Waals surface area contributed by atoms with Crippen molar-refractivity contribution in [3.05, 3.63) is 82.0 Å². The number of aryl methyl sites for hydroxylation is 1. The van der Waals surface area contributed by atoms with E-state index in [1.165, 1.54) is 11.3 Å². The number of carbonyl (C=O) groups excluding carboxylic acids is 2. The Balaban J connectivity index is 1.58. The summed E-state index contributed by atoms with van der Waals surface area (Å²) >= 11 is 1.35. The Morgan fingerprint density at radius 1 is 1.00 bits per heavy atom. The molecule has 2 heterocycles. The Morgan fingerprint density at radius 3 is 2.44 bits per heavy atom. The van der Waals surface area contributed by atoms with Crippen molar-refractivity contribution in [3.8, 4) is 28.4 Å². The third-order valence-corrected chi connectivity index (χ3v) is 8.18. The van der Waals surface area contributed by atoms with Crippen LogP contribution in [0.2, 0.25) is 0 Å². The number of carbonyl (C=O) groups is 2. The van der Waals surface area contributed by atoms with Gasteiger partial charge in [-0.25, -0.2) is 4.79 Å². The van der Waals surface area contributed by atoms with E-state index in [1.807, 2.05) is 74.7 Å². The quantitative estimate of drug-likeness (QED) is 0.179. The van der Waals surface area contributed by atoms with Crippen LogP contribution in [0.15, 0.2) is 66.0 Å². The molecule has 5 rings (SSSR count). The molecule has 0 fully saturated rings. The third-order valence-electron chi connectivity index (χ3n) is 7.19. The van der Waals surface area contributed by atoms with Crippen molar-refractivity contribution in [2.45, 2.75) is 32.9 Å². The molecule has 2 N–H and O–H groups in total. The average molecular weight is 572 g/mol. The summed E-state index contributed by atoms with van der Waals surface area (Å²) < 4.78 is 17.0. The largest absolute Gasteiger partial charge is 0.496 e. The minimum absolute atomic E-state index is 0.0428. The van der Waals surface area contributed by atoms with Crippen LogP contribution in [0.4, 0.5) is 17.1 Å². The van der Waals surface area contributed by atoms with Gasteiger partial charge in [0.05, 0.1) is 31.3 Å². The Hall–Kier alpha value is -4.50. The Bertz CT molecular complexity index is 1630. The number of fused-ring (bicyclic) bond motifs is 1. The number of benzene rings is 3. The zero-order chi connectivity index (χ0) is 29.3. The maximum atomic E-state index is 13.3. The molecule has 0 atom stereocenters. The summed E-state index contributed by atoms with van der Waals surface area (Å²) in [6, 6.07) is 18.9. The van der Waals surface area contributed by atoms with Crippen LogP contribution in [-0.2, 0) is 11.3 Å². The Morgan fingerprint density at radius 2 is 1.73 bits per heavy atom. The van der Waals surface area contributed by atoms with Gasteiger partial charge in [0, 0.05) is 30.8 Å². The van der Waals surface area contributed by atoms with Crippen molar-refractivity contribution in [3.63, 3.8) is 0 Å². The van der Waals surface area contributed by atoms with E-state index < -0.39 is 11.5 Å². The van der Waals surface area contributed by atoms with Gasteiger partial charge >= 0.3 is 5.97 Å². The number of hydrogen-bond acceptors (Lipinski definition) is 8. The van der Waals surface area contributed by atoms with E-state index >= 15 is 0 Å². The Labute approximate surface area is 243 Å². The van der Waals surface area contributed by atoms with Crippen molar-refractivity contribution >= 4 is 40.3 Å². The number of methoxy groups -OCH3 is 2. The second-order valence-corrected chi connectivity index (χ2v) is 11.3. The van der Waals surface area contributed by atoms with Crippen molar-refractivity contribution in [2.75, 3.05) is 36.8 Å². The molecule has 1 aliphatic rings. The van der Waals surface area contributed by atoms with Gasteiger partial charge in [-0.2, -0.15) is 0 Å². The summed E-state index contributed by atoms with van der Waals surface area (Å²) in [6.45, 7) is 6.02. The summed E-state index contributed by atoms with van der Waals surface area (Å²) in [4.78, 5) is 28.3. The molecule has 4 aromatic rings. The highest BCUT2D eigenvalue weighted by molar-refractivity contribution is 7.12. The zero-order valence-corrected chi connectivity index (χ0v) is 24.8. The number of ether oxygens (including phenoxy) is 3. The summed E-state index contributed by atoms with van der Waals surface area (Å²) in [6.07, 6.45) is 0. The first-order chi connectivity index (χ1) is 19.6. The molecule has 9 heteroatoms. The lowest BCUT2D eigenvalue weighted by molar-refractivity contribution is -0.121. The molecular formula is C32H33N3O5S. The summed E-state index contributed by atoms with van der Waals surface area (Å²) in [5.41, 5.74) is 5.15. The van der Waals surface area contributed by atoms with Gasteiger partial charge in [0.15, 0.2) is 0 Å². The number of amides is 1. The number of nitrogens with one attached hydrogen (secondary N) is 2. The highest BCUT2D eigenvalue weighted by atomic mass is 32.1. The van der Waals surface area contributed by atoms with E-state index in [0.717, 1.165) is 39.3 Å². The van der Waals surface area contributed by atoms with E-state index in [2.05, 4.69) is 10.6 Å². The van der Waals surface area contributed by atoms with Gasteiger partial charge in [0.1, 0.15) is 27.7 Å². The van der Waals surface area contributed by atoms with E-state index in [1.54, 1.807) is 38.3 Å². The molecule has 0 spiro atoms. The molecule has 0 aliphatic carbocycles. The van der Waals surface area contributed by atoms with Gasteiger partial charge < -0.3 is 29.7 Å². The first-order valence-electron chi connectivity index (χ1n) is 13.2. The predicted molar refractivity (Wildman–Crippen MR) is 164 cm³/mol. The number of thiophene rings is 1. The van der Waals surface area contributed by atoms with Crippen molar-refractivity contribution < 1.29 is 23.8 Å². The van der Waals surface area contributed by atoms with Gasteiger partial charge in [0.2, 0.25) is 0 Å². The molecule has 0 bridgehead atoms. The van der Waals surface area contributed by atoms with E-state index in [0.29, 0.717) is 28.7 Å². The number of anilines is 3. The number of esters is 1. The minimum Gasteiger partial charge on any atom is -0.496 e. The lowest BCUT2D eigenvalue weighted by Gasteiger charge is -2.40. The van der Waals surface area contributed by atoms with Crippen LogP contribution in [0, 0.1) is 6.92 Å². The van der Waals surface area contributed by atoms with E-state index in [9.17, 15) is 9.59 Å². The van der Waals surface area contributed by atoms with Crippen molar-refractivity contribution in [1.82, 2.24) is 0 Å². The van der Waals surface area contributed by atoms with Gasteiger partial charge in [-0.3, -0.25) is 4.79 Å². The normalized spacial score (nSPS) is 13.7. The molecule has 0 unspecified atom stereocenters. The fraction of sp³-hybridized carbons (Fsp3) is 0.250. The number of hydrogen-bond donors (Lipinski definition) is 2. The average Bonchev–Trinajstić information content (AvgIpc) is 3.40. The van der Waals surface area contributed by atoms with Crippen LogP contribution >= 0.6 is 11.3 Å². The third kappa shape index (κ3) is 5.32. The van der Waals surface area contributed by atoms with Crippen LogP contribution < -0.4 is 29.7 Å². The topological polar surface area (TPSA) is 89.1 Å². The minimum atomic E-state index is -0.749. The van der Waals surface area contributed by atoms with Gasteiger partial charge in [-0.1, -0.05) is 18.2 Å². The molecule has 1 aliphatic heterocycles. The molecular weight excluding hydrogens is 538 g/mol. The van der Waals surface area contributed by atoms with Gasteiger partial charge in [-0.15, -0.1) is 11.3 Å². The smallest absolute Gasteiger partial charge is 0.353 e. The molecule has 0 saturated carbocycles. The fourth-order valence-corrected chi connectivity index (χ4v) is 5.93. The molecule has 41 heavy (non-hydrogen) atoms. The second kappa shape index (κ2) is 11.2. The fourth-order valence-electron chi connectivity index (χ4n) is 5.13. The van der Waals surface area contributed by atoms with E-state index in [4.69, 9.17) is 14.2 Å². The van der Waals surface area contributed by atoms with Crippen LogP contribution in [-0.4, -0.2) is 38.7 Å². The molecule has 0 saturated heterocycles. The zero-order valence-electron chi connectivity index (χ0n) is 24.0. The number of nitrogens with zero attached hydrogens (tertiary/aromatic N) is 1. The lowest BCUT2D eigenvalue weighted by Crippen LogP contribution is -2.52. The van der Waals surface area contributed by atoms with Crippen LogP contribution in [0.25, 0.3) is 11.1 Å². The second-order valence-electron chi connectivity index (χ2n) is 10.3. The first-order valence-corrected chi connectivity index (χ1v) is 14.1. The Kier molecular flexibility index (Phi) is 7.64. The summed E-state index contributed by atoms with van der Waals surface area (Å²) in [5.74, 6) is 1.18. The summed E-state index contributed by atoms with van der Waals surface area (Å²) in [7, 11) is 5.01. The molecule has 0 radical (unpaired) electrons.